The Balaban J connectivity index is 0.00000129. The van der Waals surface area contributed by atoms with Crippen molar-refractivity contribution in [2.45, 2.75) is 58.3 Å². The minimum absolute atomic E-state index is 0.276. The van der Waals surface area contributed by atoms with Crippen LogP contribution in [0, 0.1) is 18.2 Å². The number of terminal acetylenes is 1. The molecule has 0 saturated carbocycles. The summed E-state index contributed by atoms with van der Waals surface area (Å²) >= 11 is 0. The number of halogens is 1. The number of carboxylic acids is 1. The Kier molecular flexibility index (Phi) is 14.2. The molecule has 1 aromatic carbocycles. The van der Waals surface area contributed by atoms with Gasteiger partial charge in [-0.25, -0.2) is 4.39 Å². The Morgan fingerprint density at radius 2 is 1.64 bits per heavy atom. The van der Waals surface area contributed by atoms with E-state index in [0.29, 0.717) is 18.8 Å². The van der Waals surface area contributed by atoms with Crippen molar-refractivity contribution in [1.29, 1.82) is 0 Å². The van der Waals surface area contributed by atoms with E-state index in [4.69, 9.17) is 26.2 Å². The second kappa shape index (κ2) is 15.5. The van der Waals surface area contributed by atoms with Gasteiger partial charge in [-0.3, -0.25) is 4.79 Å². The van der Waals surface area contributed by atoms with E-state index in [1.165, 1.54) is 31.7 Å². The maximum Gasteiger partial charge on any atom is 0.300 e. The summed E-state index contributed by atoms with van der Waals surface area (Å²) in [7, 11) is 0. The normalized spacial score (nSPS) is 9.68. The molecule has 0 saturated heterocycles. The molecule has 0 unspecified atom stereocenters. The molecule has 2 N–H and O–H groups in total. The van der Waals surface area contributed by atoms with Gasteiger partial charge >= 0.3 is 0 Å². The lowest BCUT2D eigenvalue weighted by Crippen LogP contribution is -1.99. The summed E-state index contributed by atoms with van der Waals surface area (Å²) in [6.07, 6.45) is 14.1. The second-order valence-corrected chi connectivity index (χ2v) is 5.71. The molecule has 0 heterocycles. The van der Waals surface area contributed by atoms with Gasteiger partial charge in [0.15, 0.2) is 11.6 Å². The van der Waals surface area contributed by atoms with Gasteiger partial charge in [-0.05, 0) is 31.0 Å². The molecule has 0 atom stereocenters. The Morgan fingerprint density at radius 1 is 1.12 bits per heavy atom. The highest BCUT2D eigenvalue weighted by Crippen LogP contribution is 2.18. The SMILES string of the molecule is C#Cc1ccc(OCCCCCCCCCCO)c(F)c1.CC(=O)O. The lowest BCUT2D eigenvalue weighted by atomic mass is 10.1. The number of carboxylic acid groups (broad SMARTS) is 1. The molecule has 5 heteroatoms. The summed E-state index contributed by atoms with van der Waals surface area (Å²) < 4.78 is 19.0. The molecule has 0 radical (unpaired) electrons. The maximum atomic E-state index is 13.6. The van der Waals surface area contributed by atoms with Crippen molar-refractivity contribution in [3.8, 4) is 18.1 Å². The van der Waals surface area contributed by atoms with Gasteiger partial charge in [-0.1, -0.05) is 44.4 Å². The fourth-order valence-electron chi connectivity index (χ4n) is 2.16. The van der Waals surface area contributed by atoms with Gasteiger partial charge in [0.25, 0.3) is 5.97 Å². The third-order valence-electron chi connectivity index (χ3n) is 3.41. The van der Waals surface area contributed by atoms with Crippen molar-refractivity contribution in [2.24, 2.45) is 0 Å². The average Bonchev–Trinajstić information content (AvgIpc) is 2.57. The summed E-state index contributed by atoms with van der Waals surface area (Å²) in [6, 6.07) is 4.60. The molecule has 0 aromatic heterocycles. The second-order valence-electron chi connectivity index (χ2n) is 5.71. The molecule has 0 bridgehead atoms. The van der Waals surface area contributed by atoms with Crippen molar-refractivity contribution in [2.75, 3.05) is 13.2 Å². The van der Waals surface area contributed by atoms with Gasteiger partial charge in [0.2, 0.25) is 0 Å². The quantitative estimate of drug-likeness (QED) is 0.458. The highest BCUT2D eigenvalue weighted by molar-refractivity contribution is 5.62. The number of aliphatic carboxylic acids is 1. The van der Waals surface area contributed by atoms with Crippen LogP contribution in [0.1, 0.15) is 63.9 Å². The number of aliphatic hydroxyl groups is 1. The summed E-state index contributed by atoms with van der Waals surface area (Å²) in [5, 5.41) is 16.1. The molecule has 0 fully saturated rings. The van der Waals surface area contributed by atoms with E-state index in [2.05, 4.69) is 5.92 Å². The van der Waals surface area contributed by atoms with E-state index >= 15 is 0 Å². The van der Waals surface area contributed by atoms with Crippen LogP contribution in [0.5, 0.6) is 5.75 Å². The molecule has 0 aliphatic rings. The third-order valence-corrected chi connectivity index (χ3v) is 3.41. The largest absolute Gasteiger partial charge is 0.491 e. The van der Waals surface area contributed by atoms with Crippen LogP contribution >= 0.6 is 0 Å². The van der Waals surface area contributed by atoms with Gasteiger partial charge in [0.1, 0.15) is 0 Å². The number of unbranched alkanes of at least 4 members (excludes halogenated alkanes) is 7. The summed E-state index contributed by atoms with van der Waals surface area (Å²) in [5.41, 5.74) is 0.529. The van der Waals surface area contributed by atoms with Crippen LogP contribution in [0.3, 0.4) is 0 Å². The van der Waals surface area contributed by atoms with E-state index < -0.39 is 11.8 Å². The third kappa shape index (κ3) is 14.0. The van der Waals surface area contributed by atoms with E-state index in [0.717, 1.165) is 32.6 Å². The number of rotatable bonds is 11. The maximum absolute atomic E-state index is 13.6. The highest BCUT2D eigenvalue weighted by Gasteiger charge is 2.03. The first-order chi connectivity index (χ1) is 12.0. The Bertz CT molecular complexity index is 519. The fourth-order valence-corrected chi connectivity index (χ4v) is 2.16. The van der Waals surface area contributed by atoms with E-state index in [-0.39, 0.29) is 5.75 Å². The van der Waals surface area contributed by atoms with Crippen molar-refractivity contribution < 1.29 is 24.1 Å². The van der Waals surface area contributed by atoms with Crippen molar-refractivity contribution >= 4 is 5.97 Å². The zero-order valence-corrected chi connectivity index (χ0v) is 15.0. The predicted molar refractivity (Wildman–Crippen MR) is 97.2 cm³/mol. The summed E-state index contributed by atoms with van der Waals surface area (Å²) in [5.74, 6) is 1.44. The summed E-state index contributed by atoms with van der Waals surface area (Å²) in [6.45, 7) is 1.92. The Labute approximate surface area is 150 Å². The van der Waals surface area contributed by atoms with Crippen LogP contribution in [0.25, 0.3) is 0 Å². The molecule has 0 aliphatic heterocycles. The van der Waals surface area contributed by atoms with E-state index in [1.54, 1.807) is 12.1 Å². The molecule has 1 aromatic rings. The van der Waals surface area contributed by atoms with Crippen molar-refractivity contribution in [3.05, 3.63) is 29.6 Å². The minimum Gasteiger partial charge on any atom is -0.491 e. The predicted octanol–water partition coefficient (Wildman–Crippen LogP) is 4.39. The fraction of sp³-hybridized carbons (Fsp3) is 0.550. The number of hydrogen-bond donors (Lipinski definition) is 2. The lowest BCUT2D eigenvalue weighted by Gasteiger charge is -2.07. The van der Waals surface area contributed by atoms with Crippen LogP contribution < -0.4 is 4.74 Å². The zero-order valence-electron chi connectivity index (χ0n) is 15.0. The van der Waals surface area contributed by atoms with Crippen molar-refractivity contribution in [3.63, 3.8) is 0 Å². The van der Waals surface area contributed by atoms with Gasteiger partial charge in [-0.2, -0.15) is 0 Å². The Morgan fingerprint density at radius 3 is 2.12 bits per heavy atom. The molecule has 0 aliphatic carbocycles. The zero-order chi connectivity index (χ0) is 18.9. The molecular weight excluding hydrogens is 323 g/mol. The van der Waals surface area contributed by atoms with Gasteiger partial charge in [0, 0.05) is 19.1 Å². The Hall–Kier alpha value is -2.06. The number of hydrogen-bond acceptors (Lipinski definition) is 3. The molecule has 4 nitrogen and oxygen atoms in total. The monoisotopic (exact) mass is 352 g/mol. The number of aliphatic hydroxyl groups excluding tert-OH is 1. The number of carbonyl (C=O) groups is 1. The van der Waals surface area contributed by atoms with Gasteiger partial charge in [-0.15, -0.1) is 6.42 Å². The molecule has 0 spiro atoms. The van der Waals surface area contributed by atoms with Gasteiger partial charge < -0.3 is 14.9 Å². The molecule has 0 amide bonds. The van der Waals surface area contributed by atoms with E-state index in [1.807, 2.05) is 0 Å². The number of benzene rings is 1. The van der Waals surface area contributed by atoms with E-state index in [9.17, 15) is 4.39 Å². The topological polar surface area (TPSA) is 66.8 Å². The van der Waals surface area contributed by atoms with Gasteiger partial charge in [0.05, 0.1) is 6.61 Å². The molecule has 1 rings (SSSR count). The number of ether oxygens (including phenoxy) is 1. The smallest absolute Gasteiger partial charge is 0.300 e. The average molecular weight is 352 g/mol. The van der Waals surface area contributed by atoms with Crippen LogP contribution in [-0.4, -0.2) is 29.4 Å². The molecular formula is C20H29FO4. The van der Waals surface area contributed by atoms with Crippen LogP contribution in [0.2, 0.25) is 0 Å². The first kappa shape index (κ1) is 22.9. The van der Waals surface area contributed by atoms with Crippen LogP contribution in [0.4, 0.5) is 4.39 Å². The summed E-state index contributed by atoms with van der Waals surface area (Å²) in [4.78, 5) is 9.00. The standard InChI is InChI=1S/C18H25FO2.C2H4O2/c1-2-16-11-12-18(17(19)15-16)21-14-10-8-6-4-3-5-7-9-13-20;1-2(3)4/h1,11-12,15,20H,3-10,13-14H2;1H3,(H,3,4). The highest BCUT2D eigenvalue weighted by atomic mass is 19.1. The van der Waals surface area contributed by atoms with Crippen LogP contribution in [0.15, 0.2) is 18.2 Å². The molecule has 25 heavy (non-hydrogen) atoms. The molecule has 140 valence electrons. The van der Waals surface area contributed by atoms with Crippen molar-refractivity contribution in [1.82, 2.24) is 0 Å². The first-order valence-electron chi connectivity index (χ1n) is 8.70. The van der Waals surface area contributed by atoms with Crippen LogP contribution in [-0.2, 0) is 4.79 Å². The minimum atomic E-state index is -0.833. The first-order valence-corrected chi connectivity index (χ1v) is 8.70. The lowest BCUT2D eigenvalue weighted by molar-refractivity contribution is -0.134.